The van der Waals surface area contributed by atoms with Gasteiger partial charge in [-0.1, -0.05) is 6.07 Å². The molecule has 2 aromatic rings. The Bertz CT molecular complexity index is 854. The maximum atomic E-state index is 12.7. The van der Waals surface area contributed by atoms with Crippen LogP contribution in [-0.2, 0) is 0 Å². The largest absolute Gasteiger partial charge is 0.494 e. The second-order valence-electron chi connectivity index (χ2n) is 7.03. The Morgan fingerprint density at radius 1 is 1.24 bits per heavy atom. The molecule has 7 nitrogen and oxygen atoms in total. The molecule has 2 heterocycles. The van der Waals surface area contributed by atoms with Crippen LogP contribution >= 0.6 is 0 Å². The molecule has 1 aliphatic rings. The van der Waals surface area contributed by atoms with Crippen LogP contribution in [0.25, 0.3) is 0 Å². The number of rotatable bonds is 7. The van der Waals surface area contributed by atoms with Crippen LogP contribution < -0.4 is 9.64 Å². The third kappa shape index (κ3) is 5.46. The number of ether oxygens (including phenoxy) is 1. The van der Waals surface area contributed by atoms with E-state index < -0.39 is 0 Å². The minimum absolute atomic E-state index is 0.00819. The average molecular weight is 393 g/mol. The number of carbonyl (C=O) groups is 1. The van der Waals surface area contributed by atoms with E-state index in [2.05, 4.69) is 14.8 Å². The molecule has 0 N–H and O–H groups in total. The summed E-state index contributed by atoms with van der Waals surface area (Å²) < 4.78 is 5.49. The molecule has 3 rings (SSSR count). The maximum Gasteiger partial charge on any atom is 0.253 e. The van der Waals surface area contributed by atoms with Crippen molar-refractivity contribution in [3.63, 3.8) is 0 Å². The summed E-state index contributed by atoms with van der Waals surface area (Å²) in [4.78, 5) is 23.2. The van der Waals surface area contributed by atoms with Gasteiger partial charge in [0.15, 0.2) is 0 Å². The highest BCUT2D eigenvalue weighted by molar-refractivity contribution is 5.94. The van der Waals surface area contributed by atoms with Crippen molar-refractivity contribution in [3.05, 3.63) is 53.9 Å². The minimum atomic E-state index is 0.00819. The molecule has 152 valence electrons. The van der Waals surface area contributed by atoms with Gasteiger partial charge < -0.3 is 14.5 Å². The molecule has 0 unspecified atom stereocenters. The van der Waals surface area contributed by atoms with E-state index in [0.29, 0.717) is 24.4 Å². The standard InChI is InChI=1S/C22H27N5O2/c1-3-29-21-6-4-5-18(15-21)22(28)25(2)9-10-26-11-13-27(14-12-26)20-8-7-19(16-23)24-17-20/h4-8,15,17H,3,9-14H2,1-2H3. The number of amides is 1. The lowest BCUT2D eigenvalue weighted by molar-refractivity contribution is 0.0776. The maximum absolute atomic E-state index is 12.7. The first-order chi connectivity index (χ1) is 14.1. The minimum Gasteiger partial charge on any atom is -0.494 e. The molecule has 0 atom stereocenters. The molecule has 0 aliphatic carbocycles. The Morgan fingerprint density at radius 2 is 2.03 bits per heavy atom. The van der Waals surface area contributed by atoms with E-state index in [1.807, 2.05) is 44.3 Å². The van der Waals surface area contributed by atoms with Gasteiger partial charge in [0.1, 0.15) is 17.5 Å². The molecule has 1 aromatic heterocycles. The van der Waals surface area contributed by atoms with Gasteiger partial charge in [0, 0.05) is 51.9 Å². The highest BCUT2D eigenvalue weighted by Crippen LogP contribution is 2.16. The lowest BCUT2D eigenvalue weighted by Crippen LogP contribution is -2.48. The van der Waals surface area contributed by atoms with Crippen LogP contribution in [0, 0.1) is 11.3 Å². The van der Waals surface area contributed by atoms with Crippen LogP contribution in [0.3, 0.4) is 0 Å². The molecule has 1 amide bonds. The number of likely N-dealkylation sites (N-methyl/N-ethyl adjacent to an activating group) is 1. The smallest absolute Gasteiger partial charge is 0.253 e. The number of aromatic nitrogens is 1. The summed E-state index contributed by atoms with van der Waals surface area (Å²) in [5.41, 5.74) is 2.13. The molecule has 0 spiro atoms. The van der Waals surface area contributed by atoms with Crippen LogP contribution in [-0.4, -0.2) is 73.6 Å². The lowest BCUT2D eigenvalue weighted by atomic mass is 10.2. The fraction of sp³-hybridized carbons (Fsp3) is 0.409. The third-order valence-electron chi connectivity index (χ3n) is 5.09. The van der Waals surface area contributed by atoms with Crippen molar-refractivity contribution in [3.8, 4) is 11.8 Å². The topological polar surface area (TPSA) is 72.7 Å². The molecule has 29 heavy (non-hydrogen) atoms. The van der Waals surface area contributed by atoms with E-state index in [1.54, 1.807) is 23.2 Å². The Morgan fingerprint density at radius 3 is 2.69 bits per heavy atom. The zero-order valence-corrected chi connectivity index (χ0v) is 17.0. The van der Waals surface area contributed by atoms with Gasteiger partial charge in [-0.2, -0.15) is 5.26 Å². The molecule has 0 saturated carbocycles. The molecule has 1 fully saturated rings. The van der Waals surface area contributed by atoms with Crippen LogP contribution in [0.5, 0.6) is 5.75 Å². The molecule has 1 aromatic carbocycles. The van der Waals surface area contributed by atoms with Gasteiger partial charge in [0.2, 0.25) is 0 Å². The summed E-state index contributed by atoms with van der Waals surface area (Å²) in [5, 5.41) is 8.86. The zero-order chi connectivity index (χ0) is 20.6. The van der Waals surface area contributed by atoms with Crippen molar-refractivity contribution in [1.29, 1.82) is 5.26 Å². The first-order valence-corrected chi connectivity index (χ1v) is 9.92. The summed E-state index contributed by atoms with van der Waals surface area (Å²) in [5.74, 6) is 0.731. The summed E-state index contributed by atoms with van der Waals surface area (Å²) in [6.07, 6.45) is 1.76. The van der Waals surface area contributed by atoms with Gasteiger partial charge in [0.25, 0.3) is 5.91 Å². The van der Waals surface area contributed by atoms with Crippen molar-refractivity contribution >= 4 is 11.6 Å². The number of hydrogen-bond donors (Lipinski definition) is 0. The molecule has 1 aliphatic heterocycles. The van der Waals surface area contributed by atoms with Crippen LogP contribution in [0.15, 0.2) is 42.6 Å². The average Bonchev–Trinajstić information content (AvgIpc) is 2.78. The predicted molar refractivity (Wildman–Crippen MR) is 112 cm³/mol. The fourth-order valence-corrected chi connectivity index (χ4v) is 3.37. The molecule has 0 radical (unpaired) electrons. The Balaban J connectivity index is 1.46. The highest BCUT2D eigenvalue weighted by atomic mass is 16.5. The second-order valence-corrected chi connectivity index (χ2v) is 7.03. The first-order valence-electron chi connectivity index (χ1n) is 9.92. The SMILES string of the molecule is CCOc1cccc(C(=O)N(C)CCN2CCN(c3ccc(C#N)nc3)CC2)c1. The van der Waals surface area contributed by atoms with E-state index in [1.165, 1.54) is 0 Å². The van der Waals surface area contributed by atoms with Gasteiger partial charge in [0.05, 0.1) is 18.5 Å². The molecule has 1 saturated heterocycles. The molecule has 7 heteroatoms. The zero-order valence-electron chi connectivity index (χ0n) is 17.0. The summed E-state index contributed by atoms with van der Waals surface area (Å²) >= 11 is 0. The van der Waals surface area contributed by atoms with E-state index >= 15 is 0 Å². The second kappa shape index (κ2) is 9.89. The number of pyridine rings is 1. The third-order valence-corrected chi connectivity index (χ3v) is 5.09. The van der Waals surface area contributed by atoms with Crippen molar-refractivity contribution in [2.24, 2.45) is 0 Å². The Labute approximate surface area is 172 Å². The number of nitriles is 1. The summed E-state index contributed by atoms with van der Waals surface area (Å²) in [6.45, 7) is 7.70. The molecular formula is C22H27N5O2. The van der Waals surface area contributed by atoms with E-state index in [0.717, 1.165) is 44.2 Å². The quantitative estimate of drug-likeness (QED) is 0.718. The van der Waals surface area contributed by atoms with Gasteiger partial charge in [-0.05, 0) is 37.3 Å². The first kappa shape index (κ1) is 20.6. The van der Waals surface area contributed by atoms with Crippen molar-refractivity contribution in [2.75, 3.05) is 57.8 Å². The number of carbonyl (C=O) groups excluding carboxylic acids is 1. The van der Waals surface area contributed by atoms with Crippen molar-refractivity contribution < 1.29 is 9.53 Å². The number of nitrogens with zero attached hydrogens (tertiary/aromatic N) is 5. The number of benzene rings is 1. The van der Waals surface area contributed by atoms with Gasteiger partial charge >= 0.3 is 0 Å². The van der Waals surface area contributed by atoms with Gasteiger partial charge in [-0.3, -0.25) is 9.69 Å². The van der Waals surface area contributed by atoms with E-state index in [4.69, 9.17) is 10.00 Å². The number of anilines is 1. The predicted octanol–water partition coefficient (Wildman–Crippen LogP) is 2.25. The van der Waals surface area contributed by atoms with Crippen molar-refractivity contribution in [1.82, 2.24) is 14.8 Å². The summed E-state index contributed by atoms with van der Waals surface area (Å²) in [7, 11) is 1.84. The van der Waals surface area contributed by atoms with E-state index in [9.17, 15) is 4.79 Å². The van der Waals surface area contributed by atoms with E-state index in [-0.39, 0.29) is 5.91 Å². The number of hydrogen-bond acceptors (Lipinski definition) is 6. The number of piperazine rings is 1. The fourth-order valence-electron chi connectivity index (χ4n) is 3.37. The molecule has 0 bridgehead atoms. The van der Waals surface area contributed by atoms with Crippen LogP contribution in [0.2, 0.25) is 0 Å². The lowest BCUT2D eigenvalue weighted by Gasteiger charge is -2.36. The monoisotopic (exact) mass is 393 g/mol. The summed E-state index contributed by atoms with van der Waals surface area (Å²) in [6, 6.07) is 13.1. The van der Waals surface area contributed by atoms with Gasteiger partial charge in [-0.25, -0.2) is 4.98 Å². The Kier molecular flexibility index (Phi) is 7.04. The highest BCUT2D eigenvalue weighted by Gasteiger charge is 2.19. The Hall–Kier alpha value is -3.11. The normalized spacial score (nSPS) is 14.3. The van der Waals surface area contributed by atoms with Crippen molar-refractivity contribution in [2.45, 2.75) is 6.92 Å². The van der Waals surface area contributed by atoms with Crippen LogP contribution in [0.4, 0.5) is 5.69 Å². The molecular weight excluding hydrogens is 366 g/mol. The van der Waals surface area contributed by atoms with Crippen LogP contribution in [0.1, 0.15) is 23.0 Å². The van der Waals surface area contributed by atoms with Gasteiger partial charge in [-0.15, -0.1) is 0 Å².